The molecule has 2 heterocycles. The molecule has 0 aliphatic carbocycles. The standard InChI is InChI=1S/C18H16ClN3OS/c1-3-23-15-6-7-16-13(10-15)9-14(18(19)21-16)11-20-22-12(2)17-5-4-8-24-17/h4-11H,3H2,1-2H3. The van der Waals surface area contributed by atoms with Gasteiger partial charge in [-0.15, -0.1) is 11.3 Å². The molecular weight excluding hydrogens is 342 g/mol. The zero-order chi connectivity index (χ0) is 16.9. The number of ether oxygens (including phenoxy) is 1. The summed E-state index contributed by atoms with van der Waals surface area (Å²) in [5, 5.41) is 11.7. The van der Waals surface area contributed by atoms with Crippen LogP contribution in [0.5, 0.6) is 5.75 Å². The quantitative estimate of drug-likeness (QED) is 0.358. The highest BCUT2D eigenvalue weighted by Gasteiger charge is 2.05. The van der Waals surface area contributed by atoms with Crippen LogP contribution >= 0.6 is 22.9 Å². The molecule has 3 rings (SSSR count). The van der Waals surface area contributed by atoms with Gasteiger partial charge in [-0.1, -0.05) is 17.7 Å². The molecule has 6 heteroatoms. The lowest BCUT2D eigenvalue weighted by atomic mass is 10.1. The summed E-state index contributed by atoms with van der Waals surface area (Å²) in [4.78, 5) is 5.49. The van der Waals surface area contributed by atoms with Crippen molar-refractivity contribution >= 4 is 45.8 Å². The first-order chi connectivity index (χ1) is 11.7. The molecule has 0 saturated heterocycles. The Morgan fingerprint density at radius 2 is 2.21 bits per heavy atom. The molecule has 122 valence electrons. The molecule has 0 unspecified atom stereocenters. The summed E-state index contributed by atoms with van der Waals surface area (Å²) in [7, 11) is 0. The van der Waals surface area contributed by atoms with Crippen LogP contribution in [0.3, 0.4) is 0 Å². The average molecular weight is 358 g/mol. The molecule has 3 aromatic rings. The van der Waals surface area contributed by atoms with Gasteiger partial charge in [0.25, 0.3) is 0 Å². The minimum Gasteiger partial charge on any atom is -0.494 e. The van der Waals surface area contributed by atoms with Crippen molar-refractivity contribution in [2.45, 2.75) is 13.8 Å². The van der Waals surface area contributed by atoms with E-state index in [2.05, 4.69) is 15.2 Å². The van der Waals surface area contributed by atoms with Crippen LogP contribution in [-0.4, -0.2) is 23.5 Å². The number of thiophene rings is 1. The van der Waals surface area contributed by atoms with E-state index in [0.29, 0.717) is 11.8 Å². The Hall–Kier alpha value is -2.24. The fourth-order valence-corrected chi connectivity index (χ4v) is 3.07. The van der Waals surface area contributed by atoms with E-state index < -0.39 is 0 Å². The molecular formula is C18H16ClN3OS. The van der Waals surface area contributed by atoms with Crippen molar-refractivity contribution in [1.82, 2.24) is 4.98 Å². The van der Waals surface area contributed by atoms with Crippen LogP contribution in [0.15, 0.2) is 52.0 Å². The summed E-state index contributed by atoms with van der Waals surface area (Å²) >= 11 is 7.87. The molecule has 0 aliphatic rings. The Bertz CT molecular complexity index is 904. The molecule has 0 spiro atoms. The van der Waals surface area contributed by atoms with Gasteiger partial charge in [-0.25, -0.2) is 4.98 Å². The molecule has 2 aromatic heterocycles. The van der Waals surface area contributed by atoms with E-state index in [1.807, 2.05) is 55.6 Å². The first-order valence-electron chi connectivity index (χ1n) is 7.52. The molecule has 0 atom stereocenters. The van der Waals surface area contributed by atoms with Crippen molar-refractivity contribution in [2.24, 2.45) is 10.2 Å². The Labute approximate surface area is 149 Å². The maximum atomic E-state index is 6.24. The van der Waals surface area contributed by atoms with Gasteiger partial charge in [0, 0.05) is 10.9 Å². The number of aromatic nitrogens is 1. The maximum Gasteiger partial charge on any atom is 0.138 e. The molecule has 0 amide bonds. The van der Waals surface area contributed by atoms with Crippen LogP contribution in [0.4, 0.5) is 0 Å². The fraction of sp³-hybridized carbons (Fsp3) is 0.167. The SMILES string of the molecule is CCOc1ccc2nc(Cl)c(C=NN=C(C)c3cccs3)cc2c1. The van der Waals surface area contributed by atoms with E-state index in [-0.39, 0.29) is 0 Å². The van der Waals surface area contributed by atoms with Crippen molar-refractivity contribution in [1.29, 1.82) is 0 Å². The van der Waals surface area contributed by atoms with Crippen LogP contribution in [0.2, 0.25) is 5.15 Å². The zero-order valence-corrected chi connectivity index (χ0v) is 14.9. The lowest BCUT2D eigenvalue weighted by Crippen LogP contribution is -1.93. The van der Waals surface area contributed by atoms with Gasteiger partial charge in [0.1, 0.15) is 10.9 Å². The number of benzene rings is 1. The number of nitrogens with zero attached hydrogens (tertiary/aromatic N) is 3. The Morgan fingerprint density at radius 3 is 2.96 bits per heavy atom. The third-order valence-corrected chi connectivity index (χ3v) is 4.64. The van der Waals surface area contributed by atoms with Crippen LogP contribution in [0, 0.1) is 0 Å². The van der Waals surface area contributed by atoms with Gasteiger partial charge in [0.15, 0.2) is 0 Å². The van der Waals surface area contributed by atoms with E-state index in [1.165, 1.54) is 0 Å². The first kappa shape index (κ1) is 16.6. The van der Waals surface area contributed by atoms with Crippen molar-refractivity contribution in [3.63, 3.8) is 0 Å². The highest BCUT2D eigenvalue weighted by Crippen LogP contribution is 2.23. The van der Waals surface area contributed by atoms with E-state index in [0.717, 1.165) is 32.8 Å². The molecule has 0 radical (unpaired) electrons. The lowest BCUT2D eigenvalue weighted by Gasteiger charge is -2.05. The Morgan fingerprint density at radius 1 is 1.33 bits per heavy atom. The van der Waals surface area contributed by atoms with E-state index >= 15 is 0 Å². The summed E-state index contributed by atoms with van der Waals surface area (Å²) in [5.74, 6) is 0.809. The molecule has 0 fully saturated rings. The Kier molecular flexibility index (Phi) is 5.23. The number of halogens is 1. The number of pyridine rings is 1. The summed E-state index contributed by atoms with van der Waals surface area (Å²) < 4.78 is 5.52. The number of fused-ring (bicyclic) bond motifs is 1. The summed E-state index contributed by atoms with van der Waals surface area (Å²) in [6, 6.07) is 11.7. The minimum atomic E-state index is 0.402. The van der Waals surface area contributed by atoms with Crippen molar-refractivity contribution in [3.05, 3.63) is 57.4 Å². The lowest BCUT2D eigenvalue weighted by molar-refractivity contribution is 0.340. The predicted molar refractivity (Wildman–Crippen MR) is 102 cm³/mol. The molecule has 24 heavy (non-hydrogen) atoms. The van der Waals surface area contributed by atoms with Crippen LogP contribution in [0.25, 0.3) is 10.9 Å². The highest BCUT2D eigenvalue weighted by atomic mass is 35.5. The molecule has 0 saturated carbocycles. The van der Waals surface area contributed by atoms with Gasteiger partial charge in [-0.2, -0.15) is 10.2 Å². The summed E-state index contributed by atoms with van der Waals surface area (Å²) in [6.45, 7) is 4.51. The van der Waals surface area contributed by atoms with Crippen LogP contribution in [0.1, 0.15) is 24.3 Å². The molecule has 4 nitrogen and oxygen atoms in total. The first-order valence-corrected chi connectivity index (χ1v) is 8.77. The van der Waals surface area contributed by atoms with E-state index in [1.54, 1.807) is 17.6 Å². The monoisotopic (exact) mass is 357 g/mol. The molecule has 1 aromatic carbocycles. The van der Waals surface area contributed by atoms with Crippen molar-refractivity contribution in [2.75, 3.05) is 6.61 Å². The van der Waals surface area contributed by atoms with Gasteiger partial charge in [0.05, 0.1) is 28.9 Å². The average Bonchev–Trinajstić information content (AvgIpc) is 3.10. The number of hydrogen-bond donors (Lipinski definition) is 0. The minimum absolute atomic E-state index is 0.402. The fourth-order valence-electron chi connectivity index (χ4n) is 2.21. The largest absolute Gasteiger partial charge is 0.494 e. The van der Waals surface area contributed by atoms with Gasteiger partial charge >= 0.3 is 0 Å². The highest BCUT2D eigenvalue weighted by molar-refractivity contribution is 7.12. The second-order valence-corrected chi connectivity index (χ2v) is 6.37. The van der Waals surface area contributed by atoms with E-state index in [4.69, 9.17) is 16.3 Å². The third-order valence-electron chi connectivity index (χ3n) is 3.36. The van der Waals surface area contributed by atoms with Crippen LogP contribution in [-0.2, 0) is 0 Å². The number of rotatable bonds is 5. The van der Waals surface area contributed by atoms with Crippen molar-refractivity contribution < 1.29 is 4.74 Å². The normalized spacial score (nSPS) is 12.2. The summed E-state index contributed by atoms with van der Waals surface area (Å²) in [5.41, 5.74) is 2.41. The molecule has 0 bridgehead atoms. The van der Waals surface area contributed by atoms with Gasteiger partial charge in [-0.05, 0) is 49.6 Å². The predicted octanol–water partition coefficient (Wildman–Crippen LogP) is 5.19. The van der Waals surface area contributed by atoms with Gasteiger partial charge < -0.3 is 4.74 Å². The van der Waals surface area contributed by atoms with Gasteiger partial charge in [-0.3, -0.25) is 0 Å². The number of hydrogen-bond acceptors (Lipinski definition) is 5. The van der Waals surface area contributed by atoms with Gasteiger partial charge in [0.2, 0.25) is 0 Å². The molecule has 0 N–H and O–H groups in total. The summed E-state index contributed by atoms with van der Waals surface area (Å²) in [6.07, 6.45) is 1.62. The maximum absolute atomic E-state index is 6.24. The topological polar surface area (TPSA) is 46.8 Å². The Balaban J connectivity index is 1.89. The second kappa shape index (κ2) is 7.55. The smallest absolute Gasteiger partial charge is 0.138 e. The van der Waals surface area contributed by atoms with Crippen LogP contribution < -0.4 is 4.74 Å². The third kappa shape index (κ3) is 3.80. The second-order valence-electron chi connectivity index (χ2n) is 5.06. The van der Waals surface area contributed by atoms with Crippen molar-refractivity contribution in [3.8, 4) is 5.75 Å². The van der Waals surface area contributed by atoms with E-state index in [9.17, 15) is 0 Å². The zero-order valence-electron chi connectivity index (χ0n) is 13.4. The molecule has 0 aliphatic heterocycles.